The number of benzene rings is 1. The molecule has 20 heavy (non-hydrogen) atoms. The van der Waals surface area contributed by atoms with Crippen LogP contribution in [0, 0.1) is 0 Å². The summed E-state index contributed by atoms with van der Waals surface area (Å²) in [5.74, 6) is -0.812. The molecule has 0 spiro atoms. The summed E-state index contributed by atoms with van der Waals surface area (Å²) in [6, 6.07) is 5.49. The molecule has 8 heteroatoms. The van der Waals surface area contributed by atoms with Crippen LogP contribution in [-0.2, 0) is 19.6 Å². The van der Waals surface area contributed by atoms with Gasteiger partial charge in [0.1, 0.15) is 5.75 Å². The first-order chi connectivity index (χ1) is 9.35. The van der Waals surface area contributed by atoms with Crippen LogP contribution in [0.3, 0.4) is 0 Å². The molecule has 0 amide bonds. The monoisotopic (exact) mass is 303 g/mol. The molecule has 0 radical (unpaired) electrons. The molecule has 7 nitrogen and oxygen atoms in total. The molecule has 0 saturated heterocycles. The first kappa shape index (κ1) is 16.4. The molecule has 1 rings (SSSR count). The molecule has 0 bridgehead atoms. The Hall–Kier alpha value is -1.64. The van der Waals surface area contributed by atoms with E-state index in [9.17, 15) is 13.2 Å². The highest BCUT2D eigenvalue weighted by Gasteiger charge is 2.15. The number of sulfonamides is 1. The predicted molar refractivity (Wildman–Crippen MR) is 71.2 cm³/mol. The first-order valence-corrected chi connectivity index (χ1v) is 7.30. The quantitative estimate of drug-likeness (QED) is 0.723. The van der Waals surface area contributed by atoms with E-state index in [2.05, 4.69) is 4.72 Å². The summed E-state index contributed by atoms with van der Waals surface area (Å²) < 4.78 is 36.1. The zero-order chi connectivity index (χ0) is 15.2. The Morgan fingerprint density at radius 1 is 1.35 bits per heavy atom. The van der Waals surface area contributed by atoms with Gasteiger partial charge in [-0.1, -0.05) is 0 Å². The van der Waals surface area contributed by atoms with Crippen molar-refractivity contribution in [1.82, 2.24) is 4.72 Å². The van der Waals surface area contributed by atoms with Crippen LogP contribution in [0.1, 0.15) is 6.92 Å². The van der Waals surface area contributed by atoms with E-state index in [4.69, 9.17) is 14.6 Å². The average molecular weight is 303 g/mol. The SMILES string of the molecule is COC(C)CNS(=O)(=O)c1ccc(OCC(=O)O)cc1. The molecule has 1 aromatic carbocycles. The van der Waals surface area contributed by atoms with E-state index in [0.29, 0.717) is 0 Å². The Labute approximate surface area is 117 Å². The lowest BCUT2D eigenvalue weighted by Crippen LogP contribution is -2.31. The topological polar surface area (TPSA) is 102 Å². The van der Waals surface area contributed by atoms with E-state index in [1.54, 1.807) is 6.92 Å². The Morgan fingerprint density at radius 3 is 2.45 bits per heavy atom. The number of rotatable bonds is 8. The largest absolute Gasteiger partial charge is 0.482 e. The molecule has 0 fully saturated rings. The Morgan fingerprint density at radius 2 is 1.95 bits per heavy atom. The number of ether oxygens (including phenoxy) is 2. The van der Waals surface area contributed by atoms with Gasteiger partial charge in [0.05, 0.1) is 11.0 Å². The van der Waals surface area contributed by atoms with Crippen molar-refractivity contribution >= 4 is 16.0 Å². The highest BCUT2D eigenvalue weighted by atomic mass is 32.2. The summed E-state index contributed by atoms with van der Waals surface area (Å²) in [7, 11) is -2.12. The number of methoxy groups -OCH3 is 1. The summed E-state index contributed by atoms with van der Waals surface area (Å²) in [5.41, 5.74) is 0. The summed E-state index contributed by atoms with van der Waals surface area (Å²) in [6.45, 7) is 1.43. The van der Waals surface area contributed by atoms with Crippen LogP contribution in [-0.4, -0.2) is 45.9 Å². The second-order valence-corrected chi connectivity index (χ2v) is 5.82. The molecule has 1 atom stereocenters. The van der Waals surface area contributed by atoms with E-state index in [0.717, 1.165) is 0 Å². The maximum atomic E-state index is 11.9. The lowest BCUT2D eigenvalue weighted by molar-refractivity contribution is -0.139. The lowest BCUT2D eigenvalue weighted by atomic mass is 10.3. The summed E-state index contributed by atoms with van der Waals surface area (Å²) in [5, 5.41) is 8.46. The minimum atomic E-state index is -3.62. The highest BCUT2D eigenvalue weighted by molar-refractivity contribution is 7.89. The fourth-order valence-electron chi connectivity index (χ4n) is 1.25. The van der Waals surface area contributed by atoms with Crippen LogP contribution in [0.25, 0.3) is 0 Å². The number of hydrogen-bond acceptors (Lipinski definition) is 5. The van der Waals surface area contributed by atoms with Crippen LogP contribution in [0.15, 0.2) is 29.2 Å². The van der Waals surface area contributed by atoms with Crippen molar-refractivity contribution in [2.75, 3.05) is 20.3 Å². The van der Waals surface area contributed by atoms with Gasteiger partial charge in [-0.05, 0) is 31.2 Å². The Bertz CT molecular complexity index is 540. The molecule has 112 valence electrons. The molecular weight excluding hydrogens is 286 g/mol. The third-order valence-electron chi connectivity index (χ3n) is 2.46. The van der Waals surface area contributed by atoms with Gasteiger partial charge in [0, 0.05) is 13.7 Å². The van der Waals surface area contributed by atoms with Crippen molar-refractivity contribution in [3.05, 3.63) is 24.3 Å². The molecule has 0 saturated carbocycles. The number of carboxylic acid groups (broad SMARTS) is 1. The normalized spacial score (nSPS) is 12.9. The number of carbonyl (C=O) groups is 1. The minimum Gasteiger partial charge on any atom is -0.482 e. The van der Waals surface area contributed by atoms with E-state index in [-0.39, 0.29) is 23.3 Å². The zero-order valence-corrected chi connectivity index (χ0v) is 12.0. The third kappa shape index (κ3) is 5.16. The second kappa shape index (κ2) is 7.22. The van der Waals surface area contributed by atoms with Gasteiger partial charge in [-0.2, -0.15) is 0 Å². The molecule has 0 aliphatic rings. The number of carboxylic acids is 1. The Kier molecular flexibility index (Phi) is 5.93. The van der Waals surface area contributed by atoms with Gasteiger partial charge in [-0.3, -0.25) is 0 Å². The maximum absolute atomic E-state index is 11.9. The van der Waals surface area contributed by atoms with Crippen molar-refractivity contribution in [2.24, 2.45) is 0 Å². The van der Waals surface area contributed by atoms with Crippen molar-refractivity contribution in [2.45, 2.75) is 17.9 Å². The van der Waals surface area contributed by atoms with Crippen molar-refractivity contribution in [3.63, 3.8) is 0 Å². The smallest absolute Gasteiger partial charge is 0.341 e. The molecule has 0 heterocycles. The summed E-state index contributed by atoms with van der Waals surface area (Å²) in [6.07, 6.45) is -0.233. The predicted octanol–water partition coefficient (Wildman–Crippen LogP) is 0.463. The van der Waals surface area contributed by atoms with Crippen LogP contribution in [0.2, 0.25) is 0 Å². The van der Waals surface area contributed by atoms with Gasteiger partial charge in [-0.15, -0.1) is 0 Å². The van der Waals surface area contributed by atoms with Gasteiger partial charge < -0.3 is 14.6 Å². The van der Waals surface area contributed by atoms with Crippen LogP contribution in [0.5, 0.6) is 5.75 Å². The van der Waals surface area contributed by atoms with Gasteiger partial charge >= 0.3 is 5.97 Å². The zero-order valence-electron chi connectivity index (χ0n) is 11.2. The van der Waals surface area contributed by atoms with E-state index >= 15 is 0 Å². The van der Waals surface area contributed by atoms with E-state index < -0.39 is 22.6 Å². The van der Waals surface area contributed by atoms with Crippen molar-refractivity contribution in [3.8, 4) is 5.75 Å². The lowest BCUT2D eigenvalue weighted by Gasteiger charge is -2.11. The van der Waals surface area contributed by atoms with Crippen molar-refractivity contribution < 1.29 is 27.8 Å². The molecule has 0 aliphatic heterocycles. The minimum absolute atomic E-state index is 0.0727. The number of aliphatic carboxylic acids is 1. The fourth-order valence-corrected chi connectivity index (χ4v) is 2.37. The highest BCUT2D eigenvalue weighted by Crippen LogP contribution is 2.15. The standard InChI is InChI=1S/C12H17NO6S/c1-9(18-2)7-13-20(16,17)11-5-3-10(4-6-11)19-8-12(14)15/h3-6,9,13H,7-8H2,1-2H3,(H,14,15). The molecule has 1 unspecified atom stereocenters. The van der Waals surface area contributed by atoms with Gasteiger partial charge in [0.2, 0.25) is 10.0 Å². The van der Waals surface area contributed by atoms with Crippen LogP contribution >= 0.6 is 0 Å². The van der Waals surface area contributed by atoms with Gasteiger partial charge in [0.25, 0.3) is 0 Å². The molecule has 0 aliphatic carbocycles. The number of hydrogen-bond donors (Lipinski definition) is 2. The maximum Gasteiger partial charge on any atom is 0.341 e. The Balaban J connectivity index is 2.69. The van der Waals surface area contributed by atoms with Crippen molar-refractivity contribution in [1.29, 1.82) is 0 Å². The van der Waals surface area contributed by atoms with Gasteiger partial charge in [-0.25, -0.2) is 17.9 Å². The second-order valence-electron chi connectivity index (χ2n) is 4.05. The fraction of sp³-hybridized carbons (Fsp3) is 0.417. The number of nitrogens with one attached hydrogen (secondary N) is 1. The molecular formula is C12H17NO6S. The molecule has 2 N–H and O–H groups in total. The van der Waals surface area contributed by atoms with Gasteiger partial charge in [0.15, 0.2) is 6.61 Å². The third-order valence-corrected chi connectivity index (χ3v) is 3.90. The van der Waals surface area contributed by atoms with Crippen LogP contribution < -0.4 is 9.46 Å². The first-order valence-electron chi connectivity index (χ1n) is 5.82. The van der Waals surface area contributed by atoms with E-state index in [1.807, 2.05) is 0 Å². The van der Waals surface area contributed by atoms with Crippen LogP contribution in [0.4, 0.5) is 0 Å². The molecule has 0 aromatic heterocycles. The average Bonchev–Trinajstić information content (AvgIpc) is 2.43. The summed E-state index contributed by atoms with van der Waals surface area (Å²) >= 11 is 0. The van der Waals surface area contributed by atoms with E-state index in [1.165, 1.54) is 31.4 Å². The molecule has 1 aromatic rings. The summed E-state index contributed by atoms with van der Waals surface area (Å²) in [4.78, 5) is 10.4.